The fraction of sp³-hybridized carbons (Fsp3) is 0.333. The van der Waals surface area contributed by atoms with Crippen LogP contribution in [0.5, 0.6) is 11.5 Å². The maximum Gasteiger partial charge on any atom is 0.338 e. The van der Waals surface area contributed by atoms with Gasteiger partial charge in [0.05, 0.1) is 29.2 Å². The van der Waals surface area contributed by atoms with Gasteiger partial charge in [-0.3, -0.25) is 14.7 Å². The van der Waals surface area contributed by atoms with Gasteiger partial charge in [-0.05, 0) is 81.0 Å². The maximum absolute atomic E-state index is 14.5. The molecule has 0 radical (unpaired) electrons. The Balaban J connectivity index is 1.31. The number of amides is 2. The Hall–Kier alpha value is -5.70. The van der Waals surface area contributed by atoms with Crippen molar-refractivity contribution in [2.75, 3.05) is 45.8 Å². The third-order valence-electron chi connectivity index (χ3n) is 8.89. The molecule has 15 heteroatoms. The fourth-order valence-corrected chi connectivity index (χ4v) is 5.95. The number of esters is 1. The lowest BCUT2D eigenvalue weighted by Gasteiger charge is -2.18. The highest BCUT2D eigenvalue weighted by molar-refractivity contribution is 6.31. The predicted molar refractivity (Wildman–Crippen MR) is 217 cm³/mol. The lowest BCUT2D eigenvalue weighted by molar-refractivity contribution is 0.0481. The van der Waals surface area contributed by atoms with Crippen LogP contribution in [-0.2, 0) is 23.3 Å². The molecule has 0 aliphatic rings. The molecule has 2 amide bonds. The van der Waals surface area contributed by atoms with Crippen molar-refractivity contribution in [3.63, 3.8) is 0 Å². The summed E-state index contributed by atoms with van der Waals surface area (Å²) in [5.41, 5.74) is 3.44. The van der Waals surface area contributed by atoms with Crippen LogP contribution in [0.1, 0.15) is 59.2 Å². The van der Waals surface area contributed by atoms with Crippen LogP contribution in [0, 0.1) is 19.7 Å². The van der Waals surface area contributed by atoms with Crippen LogP contribution in [0.25, 0.3) is 11.4 Å². The summed E-state index contributed by atoms with van der Waals surface area (Å²) in [6.07, 6.45) is 0. The molecule has 0 saturated carbocycles. The first kappa shape index (κ1) is 42.4. The molecule has 57 heavy (non-hydrogen) atoms. The molecule has 13 nitrogen and oxygen atoms in total. The number of hydrogen-bond acceptors (Lipinski definition) is 9. The number of aromatic nitrogens is 3. The monoisotopic (exact) mass is 802 g/mol. The first-order valence-electron chi connectivity index (χ1n) is 18.3. The van der Waals surface area contributed by atoms with Gasteiger partial charge in [-0.1, -0.05) is 50.6 Å². The molecule has 0 bridgehead atoms. The third kappa shape index (κ3) is 10.8. The number of rotatable bonds is 15. The summed E-state index contributed by atoms with van der Waals surface area (Å²) in [6, 6.07) is 19.0. The van der Waals surface area contributed by atoms with Gasteiger partial charge < -0.3 is 29.5 Å². The van der Waals surface area contributed by atoms with E-state index in [4.69, 9.17) is 30.9 Å². The number of aryl methyl sites for hydroxylation is 2. The molecule has 5 aromatic rings. The van der Waals surface area contributed by atoms with Crippen LogP contribution in [0.15, 0.2) is 77.6 Å². The average molecular weight is 803 g/mol. The number of nitrogens with zero attached hydrogens (tertiary/aromatic N) is 4. The molecule has 5 rings (SSSR count). The molecular weight excluding hydrogens is 755 g/mol. The number of ether oxygens (including phenoxy) is 3. The molecular formula is C42H48ClFN6O7. The number of pyridine rings is 1. The molecule has 0 spiro atoms. The Bertz CT molecular complexity index is 2300. The Kier molecular flexibility index (Phi) is 13.8. The minimum absolute atomic E-state index is 0.0609. The minimum atomic E-state index is -0.566. The number of carbonyl (C=O) groups excluding carboxylic acids is 2. The van der Waals surface area contributed by atoms with Gasteiger partial charge >= 0.3 is 12.0 Å². The van der Waals surface area contributed by atoms with E-state index in [0.717, 1.165) is 11.3 Å². The Labute approximate surface area is 335 Å². The van der Waals surface area contributed by atoms with Crippen LogP contribution >= 0.6 is 11.6 Å². The quantitative estimate of drug-likeness (QED) is 0.0982. The van der Waals surface area contributed by atoms with Crippen LogP contribution in [0.3, 0.4) is 0 Å². The maximum atomic E-state index is 14.5. The summed E-state index contributed by atoms with van der Waals surface area (Å²) >= 11 is 6.60. The van der Waals surface area contributed by atoms with E-state index in [1.807, 2.05) is 52.8 Å². The summed E-state index contributed by atoms with van der Waals surface area (Å²) in [5, 5.41) is 19.4. The second kappa shape index (κ2) is 18.5. The van der Waals surface area contributed by atoms with Crippen LogP contribution in [-0.4, -0.2) is 76.8 Å². The first-order valence-corrected chi connectivity index (χ1v) is 18.7. The van der Waals surface area contributed by atoms with Gasteiger partial charge in [-0.2, -0.15) is 5.10 Å². The number of halogens is 2. The highest BCUT2D eigenvalue weighted by Crippen LogP contribution is 2.29. The number of carbonyl (C=O) groups is 2. The van der Waals surface area contributed by atoms with E-state index in [-0.39, 0.29) is 49.2 Å². The minimum Gasteiger partial charge on any atom is -0.491 e. The number of likely N-dealkylation sites (N-methyl/N-ethyl adjacent to an activating group) is 1. The fourth-order valence-electron chi connectivity index (χ4n) is 5.76. The standard InChI is InChI=1S/C42H48ClFN6O7/c1-26-11-12-28(40(53)56-17-15-48(6)7)21-34(26)49-27(2)19-35(38(43)39(49)52)57-25-29-13-14-31(44)20-30(29)24-45-41(54)46-37-23-36(42(3,4)5)47-50(37)32-9-8-10-33(22-32)55-18-16-51/h8-14,19-23,51H,15-18,24-25H2,1-7H3,(H2,45,46,54). The molecule has 0 aliphatic carbocycles. The number of urea groups is 1. The SMILES string of the molecule is Cc1ccc(C(=O)OCCN(C)C)cc1-n1c(C)cc(OCc2ccc(F)cc2CNC(=O)Nc2cc(C(C)(C)C)nn2-c2cccc(OCCO)c2)c(Cl)c1=O. The second-order valence-electron chi connectivity index (χ2n) is 14.7. The third-order valence-corrected chi connectivity index (χ3v) is 9.24. The lowest BCUT2D eigenvalue weighted by atomic mass is 9.92. The van der Waals surface area contributed by atoms with Crippen molar-refractivity contribution in [3.05, 3.63) is 128 Å². The number of benzene rings is 3. The van der Waals surface area contributed by atoms with Gasteiger partial charge in [0.2, 0.25) is 0 Å². The normalized spacial score (nSPS) is 11.4. The van der Waals surface area contributed by atoms with Crippen molar-refractivity contribution in [3.8, 4) is 22.9 Å². The van der Waals surface area contributed by atoms with Crippen molar-refractivity contribution < 1.29 is 33.3 Å². The Morgan fingerprint density at radius 1 is 0.965 bits per heavy atom. The van der Waals surface area contributed by atoms with E-state index in [2.05, 4.69) is 10.6 Å². The lowest BCUT2D eigenvalue weighted by Crippen LogP contribution is -2.29. The zero-order valence-electron chi connectivity index (χ0n) is 33.1. The van der Waals surface area contributed by atoms with E-state index < -0.39 is 23.4 Å². The molecule has 2 aromatic heterocycles. The summed E-state index contributed by atoms with van der Waals surface area (Å²) in [4.78, 5) is 41.6. The van der Waals surface area contributed by atoms with Crippen LogP contribution < -0.4 is 25.7 Å². The average Bonchev–Trinajstić information content (AvgIpc) is 3.59. The van der Waals surface area contributed by atoms with E-state index in [9.17, 15) is 23.9 Å². The molecule has 0 fully saturated rings. The van der Waals surface area contributed by atoms with Gasteiger partial charge in [-0.25, -0.2) is 18.7 Å². The number of hydrogen-bond donors (Lipinski definition) is 3. The molecule has 0 aliphatic heterocycles. The molecule has 2 heterocycles. The van der Waals surface area contributed by atoms with Crippen molar-refractivity contribution in [1.82, 2.24) is 24.6 Å². The number of aliphatic hydroxyl groups is 1. The van der Waals surface area contributed by atoms with Crippen molar-refractivity contribution >= 4 is 29.4 Å². The Morgan fingerprint density at radius 2 is 1.74 bits per heavy atom. The highest BCUT2D eigenvalue weighted by atomic mass is 35.5. The van der Waals surface area contributed by atoms with Gasteiger partial charge in [0.1, 0.15) is 48.0 Å². The second-order valence-corrected chi connectivity index (χ2v) is 15.1. The topological polar surface area (TPSA) is 149 Å². The highest BCUT2D eigenvalue weighted by Gasteiger charge is 2.23. The smallest absolute Gasteiger partial charge is 0.338 e. The van der Waals surface area contributed by atoms with E-state index in [1.54, 1.807) is 60.1 Å². The largest absolute Gasteiger partial charge is 0.491 e. The number of nitrogens with one attached hydrogen (secondary N) is 2. The van der Waals surface area contributed by atoms with Gasteiger partial charge in [-0.15, -0.1) is 0 Å². The van der Waals surface area contributed by atoms with Crippen LogP contribution in [0.4, 0.5) is 15.0 Å². The molecule has 0 saturated heterocycles. The molecule has 0 atom stereocenters. The van der Waals surface area contributed by atoms with Crippen molar-refractivity contribution in [2.45, 2.75) is 53.2 Å². The van der Waals surface area contributed by atoms with Crippen LogP contribution in [0.2, 0.25) is 5.02 Å². The van der Waals surface area contributed by atoms with E-state index >= 15 is 0 Å². The predicted octanol–water partition coefficient (Wildman–Crippen LogP) is 6.72. The summed E-state index contributed by atoms with van der Waals surface area (Å²) in [6.45, 7) is 10.2. The number of aliphatic hydroxyl groups excluding tert-OH is 1. The summed E-state index contributed by atoms with van der Waals surface area (Å²) < 4.78 is 34.5. The van der Waals surface area contributed by atoms with Gasteiger partial charge in [0.25, 0.3) is 5.56 Å². The van der Waals surface area contributed by atoms with E-state index in [1.165, 1.54) is 22.8 Å². The van der Waals surface area contributed by atoms with Crippen molar-refractivity contribution in [2.24, 2.45) is 0 Å². The molecule has 302 valence electrons. The summed E-state index contributed by atoms with van der Waals surface area (Å²) in [5.74, 6) is 0.00900. The van der Waals surface area contributed by atoms with Gasteiger partial charge in [0.15, 0.2) is 0 Å². The zero-order chi connectivity index (χ0) is 41.4. The zero-order valence-corrected chi connectivity index (χ0v) is 33.9. The first-order chi connectivity index (χ1) is 27.0. The van der Waals surface area contributed by atoms with Gasteiger partial charge in [0, 0.05) is 42.4 Å². The number of anilines is 1. The van der Waals surface area contributed by atoms with E-state index in [0.29, 0.717) is 51.9 Å². The molecule has 3 N–H and O–H groups in total. The Morgan fingerprint density at radius 3 is 2.46 bits per heavy atom. The molecule has 3 aromatic carbocycles. The summed E-state index contributed by atoms with van der Waals surface area (Å²) in [7, 11) is 3.76. The van der Waals surface area contributed by atoms with Crippen molar-refractivity contribution in [1.29, 1.82) is 0 Å². The molecule has 0 unspecified atom stereocenters.